The lowest BCUT2D eigenvalue weighted by Gasteiger charge is -2.36. The van der Waals surface area contributed by atoms with Gasteiger partial charge in [-0.1, -0.05) is 38.5 Å². The fourth-order valence-electron chi connectivity index (χ4n) is 3.04. The lowest BCUT2D eigenvalue weighted by molar-refractivity contribution is 0.147. The van der Waals surface area contributed by atoms with Crippen LogP contribution in [0.25, 0.3) is 0 Å². The lowest BCUT2D eigenvalue weighted by Crippen LogP contribution is -2.43. The predicted octanol–water partition coefficient (Wildman–Crippen LogP) is 2.63. The van der Waals surface area contributed by atoms with E-state index >= 15 is 0 Å². The van der Waals surface area contributed by atoms with E-state index in [-0.39, 0.29) is 0 Å². The van der Waals surface area contributed by atoms with E-state index in [0.717, 1.165) is 26.2 Å². The van der Waals surface area contributed by atoms with E-state index in [1.54, 1.807) is 0 Å². The van der Waals surface area contributed by atoms with E-state index in [1.165, 1.54) is 44.9 Å². The lowest BCUT2D eigenvalue weighted by atomic mass is 9.80. The average Bonchev–Trinajstić information content (AvgIpc) is 2.56. The summed E-state index contributed by atoms with van der Waals surface area (Å²) < 4.78 is 0. The Balaban J connectivity index is 2.60. The highest BCUT2D eigenvalue weighted by Crippen LogP contribution is 2.34. The molecule has 0 spiro atoms. The third kappa shape index (κ3) is 4.69. The van der Waals surface area contributed by atoms with Gasteiger partial charge in [0.2, 0.25) is 0 Å². The maximum absolute atomic E-state index is 6.07. The quantitative estimate of drug-likeness (QED) is 0.567. The predicted molar refractivity (Wildman–Crippen MR) is 74.8 cm³/mol. The molecule has 0 radical (unpaired) electrons. The molecule has 0 bridgehead atoms. The van der Waals surface area contributed by atoms with Crippen LogP contribution in [0.4, 0.5) is 0 Å². The number of terminal acetylenes is 1. The van der Waals surface area contributed by atoms with Gasteiger partial charge in [0.15, 0.2) is 0 Å². The van der Waals surface area contributed by atoms with Gasteiger partial charge in [0.1, 0.15) is 0 Å². The molecule has 0 amide bonds. The molecule has 1 rings (SSSR count). The summed E-state index contributed by atoms with van der Waals surface area (Å²) in [5.41, 5.74) is 6.41. The third-order valence-corrected chi connectivity index (χ3v) is 4.01. The van der Waals surface area contributed by atoms with Crippen molar-refractivity contribution in [2.45, 2.75) is 51.9 Å². The Morgan fingerprint density at radius 2 is 1.88 bits per heavy atom. The summed E-state index contributed by atoms with van der Waals surface area (Å²) in [6.45, 7) is 6.01. The van der Waals surface area contributed by atoms with Crippen molar-refractivity contribution < 1.29 is 0 Å². The average molecular weight is 236 g/mol. The van der Waals surface area contributed by atoms with E-state index in [2.05, 4.69) is 17.7 Å². The highest BCUT2D eigenvalue weighted by atomic mass is 15.1. The number of hydrogen-bond donors (Lipinski definition) is 1. The van der Waals surface area contributed by atoms with Gasteiger partial charge < -0.3 is 5.73 Å². The molecule has 0 aromatic rings. The standard InChI is InChI=1S/C15H28N2/c1-3-11-17(12-4-2)14-15(13-16)9-7-5-6-8-10-15/h1H,4-14,16H2,2H3. The van der Waals surface area contributed by atoms with Gasteiger partial charge in [-0.15, -0.1) is 6.42 Å². The van der Waals surface area contributed by atoms with Gasteiger partial charge in [-0.2, -0.15) is 0 Å². The van der Waals surface area contributed by atoms with Crippen molar-refractivity contribution in [2.24, 2.45) is 11.1 Å². The third-order valence-electron chi connectivity index (χ3n) is 4.01. The van der Waals surface area contributed by atoms with Crippen molar-refractivity contribution in [3.05, 3.63) is 0 Å². The molecule has 0 aromatic carbocycles. The van der Waals surface area contributed by atoms with Crippen molar-refractivity contribution in [1.29, 1.82) is 0 Å². The van der Waals surface area contributed by atoms with Crippen LogP contribution in [0, 0.1) is 17.8 Å². The molecular formula is C15H28N2. The molecule has 1 aliphatic rings. The van der Waals surface area contributed by atoms with Gasteiger partial charge in [-0.05, 0) is 37.8 Å². The second-order valence-corrected chi connectivity index (χ2v) is 5.53. The number of hydrogen-bond acceptors (Lipinski definition) is 2. The molecule has 0 aliphatic heterocycles. The second-order valence-electron chi connectivity index (χ2n) is 5.53. The van der Waals surface area contributed by atoms with Crippen molar-refractivity contribution in [3.8, 4) is 12.3 Å². The van der Waals surface area contributed by atoms with Gasteiger partial charge in [-0.3, -0.25) is 4.90 Å². The summed E-state index contributed by atoms with van der Waals surface area (Å²) in [4.78, 5) is 2.41. The topological polar surface area (TPSA) is 29.3 Å². The van der Waals surface area contributed by atoms with Crippen molar-refractivity contribution >= 4 is 0 Å². The monoisotopic (exact) mass is 236 g/mol. The van der Waals surface area contributed by atoms with Gasteiger partial charge in [0, 0.05) is 6.54 Å². The van der Waals surface area contributed by atoms with Crippen LogP contribution in [0.5, 0.6) is 0 Å². The van der Waals surface area contributed by atoms with Gasteiger partial charge in [-0.25, -0.2) is 0 Å². The van der Waals surface area contributed by atoms with Crippen LogP contribution >= 0.6 is 0 Å². The molecule has 1 fully saturated rings. The largest absolute Gasteiger partial charge is 0.330 e. The van der Waals surface area contributed by atoms with Crippen LogP contribution < -0.4 is 5.73 Å². The van der Waals surface area contributed by atoms with Crippen LogP contribution in [-0.4, -0.2) is 31.1 Å². The van der Waals surface area contributed by atoms with Crippen LogP contribution in [0.3, 0.4) is 0 Å². The molecular weight excluding hydrogens is 208 g/mol. The van der Waals surface area contributed by atoms with E-state index in [0.29, 0.717) is 5.41 Å². The first kappa shape index (κ1) is 14.5. The zero-order valence-electron chi connectivity index (χ0n) is 11.4. The van der Waals surface area contributed by atoms with Gasteiger partial charge >= 0.3 is 0 Å². The maximum Gasteiger partial charge on any atom is 0.0599 e. The molecule has 0 aromatic heterocycles. The van der Waals surface area contributed by atoms with E-state index in [1.807, 2.05) is 0 Å². The summed E-state index contributed by atoms with van der Waals surface area (Å²) >= 11 is 0. The number of nitrogens with zero attached hydrogens (tertiary/aromatic N) is 1. The molecule has 2 nitrogen and oxygen atoms in total. The molecule has 0 heterocycles. The fraction of sp³-hybridized carbons (Fsp3) is 0.867. The first-order valence-corrected chi connectivity index (χ1v) is 7.12. The zero-order chi connectivity index (χ0) is 12.6. The number of rotatable bonds is 6. The SMILES string of the molecule is C#CCN(CCC)CC1(CN)CCCCCC1. The Labute approximate surface area is 107 Å². The maximum atomic E-state index is 6.07. The molecule has 98 valence electrons. The molecule has 0 unspecified atom stereocenters. The highest BCUT2D eigenvalue weighted by molar-refractivity contribution is 4.92. The van der Waals surface area contributed by atoms with Gasteiger partial charge in [0.25, 0.3) is 0 Å². The van der Waals surface area contributed by atoms with E-state index in [9.17, 15) is 0 Å². The molecule has 1 aliphatic carbocycles. The van der Waals surface area contributed by atoms with E-state index in [4.69, 9.17) is 12.2 Å². The minimum absolute atomic E-state index is 0.336. The van der Waals surface area contributed by atoms with Crippen molar-refractivity contribution in [2.75, 3.05) is 26.2 Å². The first-order valence-electron chi connectivity index (χ1n) is 7.12. The molecule has 2 heteroatoms. The Morgan fingerprint density at radius 3 is 2.35 bits per heavy atom. The molecule has 0 atom stereocenters. The fourth-order valence-corrected chi connectivity index (χ4v) is 3.04. The van der Waals surface area contributed by atoms with Crippen LogP contribution in [-0.2, 0) is 0 Å². The Hall–Kier alpha value is -0.520. The minimum Gasteiger partial charge on any atom is -0.330 e. The Kier molecular flexibility index (Phi) is 6.62. The smallest absolute Gasteiger partial charge is 0.0599 e. The molecule has 1 saturated carbocycles. The summed E-state index contributed by atoms with van der Waals surface area (Å²) in [5.74, 6) is 2.78. The second kappa shape index (κ2) is 7.74. The normalized spacial score (nSPS) is 19.9. The number of nitrogens with two attached hydrogens (primary N) is 1. The minimum atomic E-state index is 0.336. The summed E-state index contributed by atoms with van der Waals surface area (Å²) in [5, 5.41) is 0. The van der Waals surface area contributed by atoms with Crippen LogP contribution in [0.2, 0.25) is 0 Å². The van der Waals surface area contributed by atoms with Crippen LogP contribution in [0.15, 0.2) is 0 Å². The van der Waals surface area contributed by atoms with Crippen molar-refractivity contribution in [1.82, 2.24) is 4.90 Å². The summed E-state index contributed by atoms with van der Waals surface area (Å²) in [6, 6.07) is 0. The molecule has 17 heavy (non-hydrogen) atoms. The van der Waals surface area contributed by atoms with Crippen molar-refractivity contribution in [3.63, 3.8) is 0 Å². The highest BCUT2D eigenvalue weighted by Gasteiger charge is 2.31. The first-order chi connectivity index (χ1) is 8.26. The zero-order valence-corrected chi connectivity index (χ0v) is 11.4. The van der Waals surface area contributed by atoms with Gasteiger partial charge in [0.05, 0.1) is 6.54 Å². The Morgan fingerprint density at radius 1 is 1.24 bits per heavy atom. The summed E-state index contributed by atoms with van der Waals surface area (Å²) in [7, 11) is 0. The molecule has 0 saturated heterocycles. The van der Waals surface area contributed by atoms with E-state index < -0.39 is 0 Å². The van der Waals surface area contributed by atoms with Crippen LogP contribution in [0.1, 0.15) is 51.9 Å². The summed E-state index contributed by atoms with van der Waals surface area (Å²) in [6.07, 6.45) is 14.6. The Bertz CT molecular complexity index is 234. The molecule has 2 N–H and O–H groups in total.